The van der Waals surface area contributed by atoms with Crippen molar-refractivity contribution < 1.29 is 9.53 Å². The summed E-state index contributed by atoms with van der Waals surface area (Å²) >= 11 is 0. The number of hydrogen-bond acceptors (Lipinski definition) is 4. The first-order valence-corrected chi connectivity index (χ1v) is 6.58. The summed E-state index contributed by atoms with van der Waals surface area (Å²) in [5.74, 6) is 0.669. The van der Waals surface area contributed by atoms with E-state index in [0.29, 0.717) is 18.0 Å². The van der Waals surface area contributed by atoms with E-state index in [1.807, 2.05) is 26.8 Å². The van der Waals surface area contributed by atoms with Gasteiger partial charge in [-0.3, -0.25) is 4.79 Å². The summed E-state index contributed by atoms with van der Waals surface area (Å²) in [6.07, 6.45) is 0.939. The molecule has 0 radical (unpaired) electrons. The number of ether oxygens (including phenoxy) is 1. The van der Waals surface area contributed by atoms with Crippen LogP contribution in [-0.2, 0) is 4.79 Å². The minimum atomic E-state index is -0.0477. The molecule has 0 aliphatic rings. The number of anilines is 2. The minimum absolute atomic E-state index is 0.0477. The molecule has 0 saturated carbocycles. The highest BCUT2D eigenvalue weighted by atomic mass is 16.5. The van der Waals surface area contributed by atoms with Crippen LogP contribution < -0.4 is 21.1 Å². The quantitative estimate of drug-likeness (QED) is 0.659. The second kappa shape index (κ2) is 7.51. The van der Waals surface area contributed by atoms with Gasteiger partial charge in [0.25, 0.3) is 0 Å². The first-order valence-electron chi connectivity index (χ1n) is 6.58. The summed E-state index contributed by atoms with van der Waals surface area (Å²) in [7, 11) is 0. The van der Waals surface area contributed by atoms with Gasteiger partial charge in [-0.25, -0.2) is 0 Å². The van der Waals surface area contributed by atoms with Crippen LogP contribution in [0.25, 0.3) is 0 Å². The van der Waals surface area contributed by atoms with Crippen molar-refractivity contribution in [1.29, 1.82) is 0 Å². The number of nitrogen functional groups attached to an aromatic ring is 1. The second-order valence-electron chi connectivity index (χ2n) is 4.71. The molecule has 0 bridgehead atoms. The van der Waals surface area contributed by atoms with Crippen LogP contribution in [0.15, 0.2) is 18.2 Å². The molecule has 0 heterocycles. The molecule has 1 aromatic carbocycles. The predicted molar refractivity (Wildman–Crippen MR) is 78.4 cm³/mol. The van der Waals surface area contributed by atoms with Gasteiger partial charge in [0.15, 0.2) is 0 Å². The van der Waals surface area contributed by atoms with Crippen molar-refractivity contribution in [2.24, 2.45) is 0 Å². The summed E-state index contributed by atoms with van der Waals surface area (Å²) in [5, 5.41) is 5.85. The molecule has 0 aliphatic heterocycles. The molecule has 1 rings (SSSR count). The Hall–Kier alpha value is -1.91. The monoisotopic (exact) mass is 265 g/mol. The summed E-state index contributed by atoms with van der Waals surface area (Å²) in [4.78, 5) is 11.5. The van der Waals surface area contributed by atoms with Crippen molar-refractivity contribution in [1.82, 2.24) is 5.32 Å². The van der Waals surface area contributed by atoms with Crippen molar-refractivity contribution in [3.8, 4) is 5.75 Å². The fourth-order valence-electron chi connectivity index (χ4n) is 1.58. The first-order chi connectivity index (χ1) is 9.01. The number of carbonyl (C=O) groups excluding carboxylic acids is 1. The highest BCUT2D eigenvalue weighted by Gasteiger charge is 2.04. The normalized spacial score (nSPS) is 10.3. The maximum absolute atomic E-state index is 11.5. The lowest BCUT2D eigenvalue weighted by Gasteiger charge is -2.12. The minimum Gasteiger partial charge on any atom is -0.493 e. The Bertz CT molecular complexity index is 419. The van der Waals surface area contributed by atoms with E-state index < -0.39 is 0 Å². The Morgan fingerprint density at radius 1 is 1.37 bits per heavy atom. The van der Waals surface area contributed by atoms with Gasteiger partial charge in [-0.05, 0) is 26.3 Å². The zero-order chi connectivity index (χ0) is 14.3. The molecular formula is C14H23N3O2. The third kappa shape index (κ3) is 5.99. The van der Waals surface area contributed by atoms with Crippen LogP contribution in [0.2, 0.25) is 0 Å². The number of nitrogens with two attached hydrogens (primary N) is 1. The molecule has 0 spiro atoms. The van der Waals surface area contributed by atoms with Crippen molar-refractivity contribution >= 4 is 17.3 Å². The van der Waals surface area contributed by atoms with Gasteiger partial charge in [-0.15, -0.1) is 0 Å². The average molecular weight is 265 g/mol. The average Bonchev–Trinajstić information content (AvgIpc) is 2.32. The molecule has 0 saturated heterocycles. The SMILES string of the molecule is CCCOc1cc(N)cc(NCC(=O)NC(C)C)c1. The van der Waals surface area contributed by atoms with E-state index in [4.69, 9.17) is 10.5 Å². The van der Waals surface area contributed by atoms with E-state index in [0.717, 1.165) is 12.1 Å². The largest absolute Gasteiger partial charge is 0.493 e. The fraction of sp³-hybridized carbons (Fsp3) is 0.500. The van der Waals surface area contributed by atoms with Crippen LogP contribution in [0, 0.1) is 0 Å². The van der Waals surface area contributed by atoms with Crippen LogP contribution in [0.1, 0.15) is 27.2 Å². The van der Waals surface area contributed by atoms with E-state index in [-0.39, 0.29) is 18.5 Å². The number of nitrogens with one attached hydrogen (secondary N) is 2. The van der Waals surface area contributed by atoms with Gasteiger partial charge in [-0.1, -0.05) is 6.92 Å². The Kier molecular flexibility index (Phi) is 5.99. The molecule has 1 amide bonds. The molecule has 0 aromatic heterocycles. The third-order valence-electron chi connectivity index (χ3n) is 2.30. The van der Waals surface area contributed by atoms with Crippen molar-refractivity contribution in [2.45, 2.75) is 33.2 Å². The van der Waals surface area contributed by atoms with E-state index in [1.54, 1.807) is 12.1 Å². The van der Waals surface area contributed by atoms with Crippen LogP contribution >= 0.6 is 0 Å². The van der Waals surface area contributed by atoms with Gasteiger partial charge >= 0.3 is 0 Å². The molecule has 0 fully saturated rings. The molecule has 19 heavy (non-hydrogen) atoms. The van der Waals surface area contributed by atoms with Crippen LogP contribution in [0.5, 0.6) is 5.75 Å². The van der Waals surface area contributed by atoms with Crippen molar-refractivity contribution in [3.63, 3.8) is 0 Å². The summed E-state index contributed by atoms with van der Waals surface area (Å²) in [5.41, 5.74) is 7.19. The van der Waals surface area contributed by atoms with E-state index >= 15 is 0 Å². The number of hydrogen-bond donors (Lipinski definition) is 3. The number of amides is 1. The van der Waals surface area contributed by atoms with Gasteiger partial charge in [0.05, 0.1) is 13.2 Å². The van der Waals surface area contributed by atoms with Gasteiger partial charge in [-0.2, -0.15) is 0 Å². The van der Waals surface area contributed by atoms with Crippen molar-refractivity contribution in [3.05, 3.63) is 18.2 Å². The molecule has 5 nitrogen and oxygen atoms in total. The molecular weight excluding hydrogens is 242 g/mol. The van der Waals surface area contributed by atoms with E-state index in [2.05, 4.69) is 10.6 Å². The maximum atomic E-state index is 11.5. The second-order valence-corrected chi connectivity index (χ2v) is 4.71. The predicted octanol–water partition coefficient (Wildman–Crippen LogP) is 1.99. The zero-order valence-electron chi connectivity index (χ0n) is 11.8. The van der Waals surface area contributed by atoms with Crippen LogP contribution in [0.4, 0.5) is 11.4 Å². The molecule has 106 valence electrons. The molecule has 0 atom stereocenters. The Labute approximate surface area is 114 Å². The molecule has 5 heteroatoms. The summed E-state index contributed by atoms with van der Waals surface area (Å²) in [6.45, 7) is 6.76. The first kappa shape index (κ1) is 15.1. The van der Waals surface area contributed by atoms with Gasteiger partial charge in [0.1, 0.15) is 5.75 Å². The van der Waals surface area contributed by atoms with Gasteiger partial charge < -0.3 is 21.1 Å². The molecule has 0 aliphatic carbocycles. The number of benzene rings is 1. The topological polar surface area (TPSA) is 76.4 Å². The summed E-state index contributed by atoms with van der Waals surface area (Å²) < 4.78 is 5.53. The highest BCUT2D eigenvalue weighted by molar-refractivity contribution is 5.81. The zero-order valence-corrected chi connectivity index (χ0v) is 11.8. The standard InChI is InChI=1S/C14H23N3O2/c1-4-5-19-13-7-11(15)6-12(8-13)16-9-14(18)17-10(2)3/h6-8,10,16H,4-5,9,15H2,1-3H3,(H,17,18). The number of carbonyl (C=O) groups is 1. The van der Waals surface area contributed by atoms with Crippen molar-refractivity contribution in [2.75, 3.05) is 24.2 Å². The Balaban J connectivity index is 2.57. The fourth-order valence-corrected chi connectivity index (χ4v) is 1.58. The van der Waals surface area contributed by atoms with E-state index in [9.17, 15) is 4.79 Å². The lowest BCUT2D eigenvalue weighted by molar-refractivity contribution is -0.119. The third-order valence-corrected chi connectivity index (χ3v) is 2.30. The van der Waals surface area contributed by atoms with Gasteiger partial charge in [0.2, 0.25) is 5.91 Å². The summed E-state index contributed by atoms with van der Waals surface area (Å²) in [6, 6.07) is 5.53. The lowest BCUT2D eigenvalue weighted by Crippen LogP contribution is -2.34. The Morgan fingerprint density at radius 3 is 2.74 bits per heavy atom. The molecule has 1 aromatic rings. The highest BCUT2D eigenvalue weighted by Crippen LogP contribution is 2.22. The lowest BCUT2D eigenvalue weighted by atomic mass is 10.2. The van der Waals surface area contributed by atoms with Gasteiger partial charge in [0, 0.05) is 29.5 Å². The van der Waals surface area contributed by atoms with E-state index in [1.165, 1.54) is 0 Å². The smallest absolute Gasteiger partial charge is 0.239 e. The van der Waals surface area contributed by atoms with Crippen LogP contribution in [0.3, 0.4) is 0 Å². The molecule has 4 N–H and O–H groups in total. The molecule has 0 unspecified atom stereocenters. The Morgan fingerprint density at radius 2 is 2.11 bits per heavy atom. The maximum Gasteiger partial charge on any atom is 0.239 e. The number of rotatable bonds is 7. The van der Waals surface area contributed by atoms with Crippen LogP contribution in [-0.4, -0.2) is 25.1 Å².